The number of aromatic nitrogens is 1. The Hall–Kier alpha value is -1.16. The number of methoxy groups -OCH3 is 1. The molecule has 1 aliphatic heterocycles. The molecule has 0 aromatic carbocycles. The fourth-order valence-electron chi connectivity index (χ4n) is 1.72. The SMILES string of the molecule is COc1ccc(F)c(C2CCCN2)n1. The molecule has 0 saturated carbocycles. The summed E-state index contributed by atoms with van der Waals surface area (Å²) < 4.78 is 18.4. The van der Waals surface area contributed by atoms with Crippen LogP contribution in [0.25, 0.3) is 0 Å². The molecule has 1 aromatic rings. The van der Waals surface area contributed by atoms with Gasteiger partial charge in [0.25, 0.3) is 0 Å². The van der Waals surface area contributed by atoms with Crippen molar-refractivity contribution in [1.82, 2.24) is 10.3 Å². The Bertz CT molecular complexity index is 324. The summed E-state index contributed by atoms with van der Waals surface area (Å²) in [6.07, 6.45) is 2.01. The summed E-state index contributed by atoms with van der Waals surface area (Å²) in [6, 6.07) is 2.99. The van der Waals surface area contributed by atoms with Gasteiger partial charge in [0.2, 0.25) is 5.88 Å². The van der Waals surface area contributed by atoms with E-state index >= 15 is 0 Å². The van der Waals surface area contributed by atoms with Crippen LogP contribution in [0.2, 0.25) is 0 Å². The third-order valence-electron chi connectivity index (χ3n) is 2.45. The molecule has 3 nitrogen and oxygen atoms in total. The first kappa shape index (κ1) is 9.40. The van der Waals surface area contributed by atoms with Crippen molar-refractivity contribution in [1.29, 1.82) is 0 Å². The van der Waals surface area contributed by atoms with Crippen LogP contribution < -0.4 is 10.1 Å². The summed E-state index contributed by atoms with van der Waals surface area (Å²) >= 11 is 0. The van der Waals surface area contributed by atoms with Crippen molar-refractivity contribution in [2.75, 3.05) is 13.7 Å². The lowest BCUT2D eigenvalue weighted by Crippen LogP contribution is -2.16. The average Bonchev–Trinajstić information content (AvgIpc) is 2.71. The van der Waals surface area contributed by atoms with E-state index in [2.05, 4.69) is 10.3 Å². The molecule has 76 valence electrons. The molecular formula is C10H13FN2O. The molecule has 1 unspecified atom stereocenters. The molecule has 0 bridgehead atoms. The van der Waals surface area contributed by atoms with Crippen molar-refractivity contribution >= 4 is 0 Å². The molecule has 2 heterocycles. The van der Waals surface area contributed by atoms with Gasteiger partial charge in [-0.15, -0.1) is 0 Å². The second-order valence-electron chi connectivity index (χ2n) is 3.37. The van der Waals surface area contributed by atoms with E-state index in [1.165, 1.54) is 19.2 Å². The zero-order valence-corrected chi connectivity index (χ0v) is 8.09. The zero-order chi connectivity index (χ0) is 9.97. The minimum absolute atomic E-state index is 0.0464. The van der Waals surface area contributed by atoms with Crippen LogP contribution >= 0.6 is 0 Å². The maximum atomic E-state index is 13.4. The Morgan fingerprint density at radius 3 is 3.07 bits per heavy atom. The van der Waals surface area contributed by atoms with E-state index in [1.54, 1.807) is 0 Å². The van der Waals surface area contributed by atoms with Gasteiger partial charge in [-0.25, -0.2) is 9.37 Å². The van der Waals surface area contributed by atoms with Gasteiger partial charge in [0, 0.05) is 6.07 Å². The van der Waals surface area contributed by atoms with Crippen molar-refractivity contribution in [3.05, 3.63) is 23.6 Å². The molecular weight excluding hydrogens is 183 g/mol. The number of halogens is 1. The second kappa shape index (κ2) is 3.92. The summed E-state index contributed by atoms with van der Waals surface area (Å²) in [5, 5.41) is 3.21. The van der Waals surface area contributed by atoms with Crippen molar-refractivity contribution in [3.8, 4) is 5.88 Å². The molecule has 1 atom stereocenters. The smallest absolute Gasteiger partial charge is 0.213 e. The highest BCUT2D eigenvalue weighted by Gasteiger charge is 2.21. The summed E-state index contributed by atoms with van der Waals surface area (Å²) in [7, 11) is 1.53. The normalized spacial score (nSPS) is 21.1. The molecule has 0 radical (unpaired) electrons. The highest BCUT2D eigenvalue weighted by molar-refractivity contribution is 5.20. The Morgan fingerprint density at radius 2 is 2.43 bits per heavy atom. The lowest BCUT2D eigenvalue weighted by atomic mass is 10.1. The first-order valence-corrected chi connectivity index (χ1v) is 4.75. The third-order valence-corrected chi connectivity index (χ3v) is 2.45. The van der Waals surface area contributed by atoms with Gasteiger partial charge in [-0.2, -0.15) is 0 Å². The first-order chi connectivity index (χ1) is 6.81. The number of nitrogens with one attached hydrogen (secondary N) is 1. The van der Waals surface area contributed by atoms with E-state index in [0.29, 0.717) is 11.6 Å². The van der Waals surface area contributed by atoms with E-state index in [-0.39, 0.29) is 11.9 Å². The van der Waals surface area contributed by atoms with Gasteiger partial charge in [0.15, 0.2) is 0 Å². The van der Waals surface area contributed by atoms with Crippen LogP contribution in [0.3, 0.4) is 0 Å². The van der Waals surface area contributed by atoms with Crippen LogP contribution in [0.15, 0.2) is 12.1 Å². The topological polar surface area (TPSA) is 34.1 Å². The second-order valence-corrected chi connectivity index (χ2v) is 3.37. The van der Waals surface area contributed by atoms with Gasteiger partial charge in [-0.3, -0.25) is 0 Å². The Balaban J connectivity index is 2.29. The van der Waals surface area contributed by atoms with Crippen LogP contribution in [0.5, 0.6) is 5.88 Å². The number of hydrogen-bond acceptors (Lipinski definition) is 3. The maximum Gasteiger partial charge on any atom is 0.213 e. The van der Waals surface area contributed by atoms with Crippen molar-refractivity contribution in [3.63, 3.8) is 0 Å². The number of hydrogen-bond donors (Lipinski definition) is 1. The molecule has 14 heavy (non-hydrogen) atoms. The van der Waals surface area contributed by atoms with Gasteiger partial charge in [0.05, 0.1) is 18.8 Å². The van der Waals surface area contributed by atoms with E-state index in [1.807, 2.05) is 0 Å². The van der Waals surface area contributed by atoms with Crippen LogP contribution in [0.1, 0.15) is 24.6 Å². The van der Waals surface area contributed by atoms with Gasteiger partial charge < -0.3 is 10.1 Å². The molecule has 1 saturated heterocycles. The van der Waals surface area contributed by atoms with Gasteiger partial charge in [-0.05, 0) is 25.5 Å². The fourth-order valence-corrected chi connectivity index (χ4v) is 1.72. The Morgan fingerprint density at radius 1 is 1.57 bits per heavy atom. The average molecular weight is 196 g/mol. The fraction of sp³-hybridized carbons (Fsp3) is 0.500. The molecule has 0 spiro atoms. The minimum Gasteiger partial charge on any atom is -0.481 e. The van der Waals surface area contributed by atoms with Crippen molar-refractivity contribution in [2.24, 2.45) is 0 Å². The van der Waals surface area contributed by atoms with Crippen molar-refractivity contribution in [2.45, 2.75) is 18.9 Å². The highest BCUT2D eigenvalue weighted by atomic mass is 19.1. The number of rotatable bonds is 2. The van der Waals surface area contributed by atoms with E-state index in [4.69, 9.17) is 4.74 Å². The van der Waals surface area contributed by atoms with E-state index < -0.39 is 0 Å². The zero-order valence-electron chi connectivity index (χ0n) is 8.09. The summed E-state index contributed by atoms with van der Waals surface area (Å²) in [5.74, 6) is 0.209. The molecule has 1 aliphatic rings. The van der Waals surface area contributed by atoms with Crippen LogP contribution in [-0.4, -0.2) is 18.6 Å². The summed E-state index contributed by atoms with van der Waals surface area (Å²) in [5.41, 5.74) is 0.474. The number of pyridine rings is 1. The summed E-state index contributed by atoms with van der Waals surface area (Å²) in [4.78, 5) is 4.11. The molecule has 0 aliphatic carbocycles. The lowest BCUT2D eigenvalue weighted by molar-refractivity contribution is 0.390. The summed E-state index contributed by atoms with van der Waals surface area (Å²) in [6.45, 7) is 0.934. The van der Waals surface area contributed by atoms with Crippen LogP contribution in [0.4, 0.5) is 4.39 Å². The first-order valence-electron chi connectivity index (χ1n) is 4.75. The molecule has 1 N–H and O–H groups in total. The molecule has 1 fully saturated rings. The minimum atomic E-state index is -0.259. The molecule has 0 amide bonds. The number of ether oxygens (including phenoxy) is 1. The number of nitrogens with zero attached hydrogens (tertiary/aromatic N) is 1. The highest BCUT2D eigenvalue weighted by Crippen LogP contribution is 2.25. The predicted molar refractivity (Wildman–Crippen MR) is 50.7 cm³/mol. The third kappa shape index (κ3) is 1.70. The lowest BCUT2D eigenvalue weighted by Gasteiger charge is -2.11. The van der Waals surface area contributed by atoms with E-state index in [0.717, 1.165) is 19.4 Å². The maximum absolute atomic E-state index is 13.4. The monoisotopic (exact) mass is 196 g/mol. The Kier molecular flexibility index (Phi) is 2.63. The quantitative estimate of drug-likeness (QED) is 0.781. The predicted octanol–water partition coefficient (Wildman–Crippen LogP) is 1.65. The van der Waals surface area contributed by atoms with Crippen LogP contribution in [0, 0.1) is 5.82 Å². The Labute approximate surface area is 82.3 Å². The molecule has 1 aromatic heterocycles. The van der Waals surface area contributed by atoms with Crippen LogP contribution in [-0.2, 0) is 0 Å². The van der Waals surface area contributed by atoms with Gasteiger partial charge in [-0.1, -0.05) is 0 Å². The molecule has 2 rings (SSSR count). The van der Waals surface area contributed by atoms with Gasteiger partial charge >= 0.3 is 0 Å². The van der Waals surface area contributed by atoms with Gasteiger partial charge in [0.1, 0.15) is 5.82 Å². The standard InChI is InChI=1S/C10H13FN2O/c1-14-9-5-4-7(11)10(13-9)8-3-2-6-12-8/h4-5,8,12H,2-3,6H2,1H3. The molecule has 4 heteroatoms. The van der Waals surface area contributed by atoms with E-state index in [9.17, 15) is 4.39 Å². The van der Waals surface area contributed by atoms with Crippen molar-refractivity contribution < 1.29 is 9.13 Å². The largest absolute Gasteiger partial charge is 0.481 e.